The summed E-state index contributed by atoms with van der Waals surface area (Å²) in [7, 11) is 0. The van der Waals surface area contributed by atoms with Crippen LogP contribution in [0.4, 0.5) is 0 Å². The molecule has 0 aliphatic heterocycles. The number of benzene rings is 3. The number of hydrogen-bond acceptors (Lipinski definition) is 2. The lowest BCUT2D eigenvalue weighted by molar-refractivity contribution is -0.141. The molecule has 34 heavy (non-hydrogen) atoms. The molecule has 3 aromatic rings. The van der Waals surface area contributed by atoms with Gasteiger partial charge in [-0.05, 0) is 48.6 Å². The lowest BCUT2D eigenvalue weighted by Gasteiger charge is -2.32. The van der Waals surface area contributed by atoms with Gasteiger partial charge >= 0.3 is 0 Å². The van der Waals surface area contributed by atoms with Crippen molar-refractivity contribution in [1.82, 2.24) is 10.2 Å². The standard InChI is InChI=1S/C29H33ClN2O2/c1-4-22(3)31-29(34)27(18-23-13-6-5-7-14-23)32(20-25-16-10-11-17-26(25)30)28(33)19-24-15-9-8-12-21(24)2/h5-17,22,27H,4,18-20H2,1-3H3,(H,31,34). The predicted molar refractivity (Wildman–Crippen MR) is 139 cm³/mol. The van der Waals surface area contributed by atoms with E-state index in [2.05, 4.69) is 5.32 Å². The minimum absolute atomic E-state index is 0.0133. The number of carbonyl (C=O) groups is 2. The number of amides is 2. The Morgan fingerprint density at radius 2 is 1.53 bits per heavy atom. The summed E-state index contributed by atoms with van der Waals surface area (Å²) in [6.07, 6.45) is 1.46. The van der Waals surface area contributed by atoms with Gasteiger partial charge in [0.15, 0.2) is 0 Å². The molecule has 3 rings (SSSR count). The first-order valence-corrected chi connectivity index (χ1v) is 12.2. The zero-order valence-electron chi connectivity index (χ0n) is 20.1. The van der Waals surface area contributed by atoms with Gasteiger partial charge in [-0.2, -0.15) is 0 Å². The first-order chi connectivity index (χ1) is 16.4. The highest BCUT2D eigenvalue weighted by atomic mass is 35.5. The van der Waals surface area contributed by atoms with Crippen molar-refractivity contribution in [2.24, 2.45) is 0 Å². The number of nitrogens with zero attached hydrogens (tertiary/aromatic N) is 1. The van der Waals surface area contributed by atoms with Gasteiger partial charge in [0.2, 0.25) is 11.8 Å². The van der Waals surface area contributed by atoms with E-state index in [4.69, 9.17) is 11.6 Å². The summed E-state index contributed by atoms with van der Waals surface area (Å²) in [5.41, 5.74) is 3.83. The number of carbonyl (C=O) groups excluding carboxylic acids is 2. The summed E-state index contributed by atoms with van der Waals surface area (Å²) in [4.78, 5) is 29.0. The summed E-state index contributed by atoms with van der Waals surface area (Å²) in [5.74, 6) is -0.252. The molecule has 4 nitrogen and oxygen atoms in total. The van der Waals surface area contributed by atoms with Gasteiger partial charge in [-0.15, -0.1) is 0 Å². The van der Waals surface area contributed by atoms with Crippen molar-refractivity contribution in [3.63, 3.8) is 0 Å². The number of hydrogen-bond donors (Lipinski definition) is 1. The molecule has 0 spiro atoms. The van der Waals surface area contributed by atoms with Crippen LogP contribution in [-0.2, 0) is 29.0 Å². The van der Waals surface area contributed by atoms with E-state index in [1.54, 1.807) is 4.90 Å². The van der Waals surface area contributed by atoms with Gasteiger partial charge in [0.1, 0.15) is 6.04 Å². The van der Waals surface area contributed by atoms with Crippen LogP contribution >= 0.6 is 11.6 Å². The molecule has 0 aromatic heterocycles. The van der Waals surface area contributed by atoms with Crippen molar-refractivity contribution in [1.29, 1.82) is 0 Å². The average molecular weight is 477 g/mol. The van der Waals surface area contributed by atoms with Crippen molar-refractivity contribution in [3.8, 4) is 0 Å². The summed E-state index contributed by atoms with van der Waals surface area (Å²) in [6.45, 7) is 6.26. The highest BCUT2D eigenvalue weighted by Gasteiger charge is 2.31. The maximum Gasteiger partial charge on any atom is 0.243 e. The van der Waals surface area contributed by atoms with Gasteiger partial charge in [-0.25, -0.2) is 0 Å². The van der Waals surface area contributed by atoms with E-state index in [0.29, 0.717) is 11.4 Å². The Morgan fingerprint density at radius 1 is 0.912 bits per heavy atom. The van der Waals surface area contributed by atoms with Crippen LogP contribution in [0.3, 0.4) is 0 Å². The van der Waals surface area contributed by atoms with Crippen molar-refractivity contribution < 1.29 is 9.59 Å². The smallest absolute Gasteiger partial charge is 0.243 e. The molecule has 3 aromatic carbocycles. The molecule has 0 aliphatic carbocycles. The highest BCUT2D eigenvalue weighted by Crippen LogP contribution is 2.22. The largest absolute Gasteiger partial charge is 0.352 e. The Hall–Kier alpha value is -3.11. The molecule has 2 unspecified atom stereocenters. The van der Waals surface area contributed by atoms with Crippen LogP contribution in [0.5, 0.6) is 0 Å². The zero-order valence-corrected chi connectivity index (χ0v) is 20.9. The molecule has 5 heteroatoms. The van der Waals surface area contributed by atoms with E-state index in [1.165, 1.54) is 0 Å². The molecular formula is C29H33ClN2O2. The third-order valence-electron chi connectivity index (χ3n) is 6.17. The normalized spacial score (nSPS) is 12.6. The molecule has 2 amide bonds. The average Bonchev–Trinajstić information content (AvgIpc) is 2.84. The first kappa shape index (κ1) is 25.5. The summed E-state index contributed by atoms with van der Waals surface area (Å²) in [6, 6.07) is 24.5. The van der Waals surface area contributed by atoms with Gasteiger partial charge in [0.25, 0.3) is 0 Å². The molecule has 0 bridgehead atoms. The molecule has 0 heterocycles. The number of aryl methyl sites for hydroxylation is 1. The van der Waals surface area contributed by atoms with Crippen molar-refractivity contribution in [2.45, 2.75) is 58.7 Å². The fraction of sp³-hybridized carbons (Fsp3) is 0.310. The van der Waals surface area contributed by atoms with Gasteiger partial charge in [0, 0.05) is 24.0 Å². The molecule has 2 atom stereocenters. The van der Waals surface area contributed by atoms with Crippen LogP contribution in [0.25, 0.3) is 0 Å². The van der Waals surface area contributed by atoms with Gasteiger partial charge < -0.3 is 10.2 Å². The van der Waals surface area contributed by atoms with Gasteiger partial charge in [-0.3, -0.25) is 9.59 Å². The SMILES string of the molecule is CCC(C)NC(=O)C(Cc1ccccc1)N(Cc1ccccc1Cl)C(=O)Cc1ccccc1C. The van der Waals surface area contributed by atoms with E-state index in [9.17, 15) is 9.59 Å². The van der Waals surface area contributed by atoms with E-state index < -0.39 is 6.04 Å². The van der Waals surface area contributed by atoms with Crippen LogP contribution in [0, 0.1) is 6.92 Å². The van der Waals surface area contributed by atoms with Crippen LogP contribution in [-0.4, -0.2) is 28.8 Å². The van der Waals surface area contributed by atoms with Gasteiger partial charge in [-0.1, -0.05) is 91.3 Å². The van der Waals surface area contributed by atoms with E-state index >= 15 is 0 Å². The summed E-state index contributed by atoms with van der Waals surface area (Å²) < 4.78 is 0. The van der Waals surface area contributed by atoms with Crippen LogP contribution in [0.2, 0.25) is 5.02 Å². The van der Waals surface area contributed by atoms with Crippen LogP contribution in [0.15, 0.2) is 78.9 Å². The minimum atomic E-state index is -0.663. The second-order valence-electron chi connectivity index (χ2n) is 8.74. The van der Waals surface area contributed by atoms with Crippen molar-refractivity contribution in [3.05, 3.63) is 106 Å². The Balaban J connectivity index is 2.00. The monoisotopic (exact) mass is 476 g/mol. The summed E-state index contributed by atoms with van der Waals surface area (Å²) in [5, 5.41) is 3.68. The minimum Gasteiger partial charge on any atom is -0.352 e. The third-order valence-corrected chi connectivity index (χ3v) is 6.54. The Morgan fingerprint density at radius 3 is 2.18 bits per heavy atom. The lowest BCUT2D eigenvalue weighted by Crippen LogP contribution is -2.52. The number of nitrogens with one attached hydrogen (secondary N) is 1. The fourth-order valence-corrected chi connectivity index (χ4v) is 4.07. The van der Waals surface area contributed by atoms with E-state index in [0.717, 1.165) is 28.7 Å². The van der Waals surface area contributed by atoms with E-state index in [-0.39, 0.29) is 30.8 Å². The molecule has 0 fully saturated rings. The molecule has 0 aliphatic rings. The zero-order chi connectivity index (χ0) is 24.5. The van der Waals surface area contributed by atoms with Crippen LogP contribution < -0.4 is 5.32 Å². The van der Waals surface area contributed by atoms with Crippen molar-refractivity contribution >= 4 is 23.4 Å². The topological polar surface area (TPSA) is 49.4 Å². The second-order valence-corrected chi connectivity index (χ2v) is 9.15. The maximum atomic E-state index is 13.8. The number of halogens is 1. The second kappa shape index (κ2) is 12.4. The Labute approximate surface area is 207 Å². The molecule has 178 valence electrons. The highest BCUT2D eigenvalue weighted by molar-refractivity contribution is 6.31. The molecule has 1 N–H and O–H groups in total. The molecule has 0 saturated heterocycles. The lowest BCUT2D eigenvalue weighted by atomic mass is 10.00. The molecule has 0 saturated carbocycles. The quantitative estimate of drug-likeness (QED) is 0.405. The number of rotatable bonds is 10. The van der Waals surface area contributed by atoms with Crippen molar-refractivity contribution in [2.75, 3.05) is 0 Å². The van der Waals surface area contributed by atoms with Crippen LogP contribution in [0.1, 0.15) is 42.5 Å². The predicted octanol–water partition coefficient (Wildman–Crippen LogP) is 5.75. The van der Waals surface area contributed by atoms with Gasteiger partial charge in [0.05, 0.1) is 6.42 Å². The molecular weight excluding hydrogens is 444 g/mol. The fourth-order valence-electron chi connectivity index (χ4n) is 3.88. The Kier molecular flexibility index (Phi) is 9.29. The molecule has 0 radical (unpaired) electrons. The third kappa shape index (κ3) is 6.94. The van der Waals surface area contributed by atoms with E-state index in [1.807, 2.05) is 99.6 Å². The summed E-state index contributed by atoms with van der Waals surface area (Å²) >= 11 is 6.47. The maximum absolute atomic E-state index is 13.8. The first-order valence-electron chi connectivity index (χ1n) is 11.8. The Bertz CT molecular complexity index is 1100.